The summed E-state index contributed by atoms with van der Waals surface area (Å²) in [5.41, 5.74) is 0.722. The fourth-order valence-corrected chi connectivity index (χ4v) is 3.82. The Morgan fingerprint density at radius 2 is 2.14 bits per heavy atom. The Kier molecular flexibility index (Phi) is 2.39. The van der Waals surface area contributed by atoms with Gasteiger partial charge in [0.15, 0.2) is 0 Å². The van der Waals surface area contributed by atoms with Crippen molar-refractivity contribution in [1.82, 2.24) is 0 Å². The van der Waals surface area contributed by atoms with Crippen LogP contribution in [0.1, 0.15) is 39.5 Å². The number of aliphatic hydroxyl groups excluding tert-OH is 1. The minimum absolute atomic E-state index is 0.332. The van der Waals surface area contributed by atoms with Crippen LogP contribution in [0.15, 0.2) is 0 Å². The van der Waals surface area contributed by atoms with Crippen LogP contribution >= 0.6 is 0 Å². The third-order valence-corrected chi connectivity index (χ3v) is 4.99. The van der Waals surface area contributed by atoms with Crippen molar-refractivity contribution in [3.8, 4) is 0 Å². The van der Waals surface area contributed by atoms with Crippen LogP contribution in [-0.4, -0.2) is 24.9 Å². The van der Waals surface area contributed by atoms with E-state index in [0.29, 0.717) is 29.5 Å². The van der Waals surface area contributed by atoms with Gasteiger partial charge in [0.05, 0.1) is 6.10 Å². The summed E-state index contributed by atoms with van der Waals surface area (Å²) in [7, 11) is 1.81. The molecule has 2 aliphatic rings. The van der Waals surface area contributed by atoms with Crippen molar-refractivity contribution in [3.63, 3.8) is 0 Å². The first-order valence-electron chi connectivity index (χ1n) is 5.72. The van der Waals surface area contributed by atoms with Crippen LogP contribution in [0.4, 0.5) is 0 Å². The Balaban J connectivity index is 2.10. The molecule has 1 N–H and O–H groups in total. The van der Waals surface area contributed by atoms with Gasteiger partial charge in [0.25, 0.3) is 0 Å². The molecule has 2 saturated carbocycles. The minimum Gasteiger partial charge on any atom is -0.396 e. The van der Waals surface area contributed by atoms with Crippen molar-refractivity contribution in [2.45, 2.75) is 45.6 Å². The summed E-state index contributed by atoms with van der Waals surface area (Å²) in [5.74, 6) is 0.507. The predicted octanol–water partition coefficient (Wildman–Crippen LogP) is 2.21. The molecule has 2 fully saturated rings. The first-order valence-corrected chi connectivity index (χ1v) is 5.72. The van der Waals surface area contributed by atoms with E-state index in [-0.39, 0.29) is 0 Å². The van der Waals surface area contributed by atoms with Gasteiger partial charge in [-0.15, -0.1) is 0 Å². The lowest BCUT2D eigenvalue weighted by Gasteiger charge is -2.31. The van der Waals surface area contributed by atoms with Crippen LogP contribution < -0.4 is 0 Å². The van der Waals surface area contributed by atoms with E-state index in [1.165, 1.54) is 19.3 Å². The molecule has 0 aliphatic heterocycles. The van der Waals surface area contributed by atoms with E-state index in [4.69, 9.17) is 4.74 Å². The lowest BCUT2D eigenvalue weighted by molar-refractivity contribution is 0.0310. The molecule has 0 aromatic heterocycles. The fraction of sp³-hybridized carbons (Fsp3) is 1.00. The lowest BCUT2D eigenvalue weighted by atomic mass is 9.79. The predicted molar refractivity (Wildman–Crippen MR) is 56.1 cm³/mol. The van der Waals surface area contributed by atoms with E-state index in [9.17, 15) is 5.11 Å². The molecule has 2 heteroatoms. The molecular formula is C12H22O2. The van der Waals surface area contributed by atoms with Gasteiger partial charge in [0.1, 0.15) is 0 Å². The molecule has 0 aromatic rings. The van der Waals surface area contributed by atoms with Crippen LogP contribution in [0.25, 0.3) is 0 Å². The van der Waals surface area contributed by atoms with Crippen LogP contribution in [-0.2, 0) is 4.74 Å². The second-order valence-electron chi connectivity index (χ2n) is 5.57. The first-order chi connectivity index (χ1) is 6.58. The maximum absolute atomic E-state index is 9.38. The summed E-state index contributed by atoms with van der Waals surface area (Å²) >= 11 is 0. The average molecular weight is 198 g/mol. The Morgan fingerprint density at radius 1 is 1.43 bits per heavy atom. The topological polar surface area (TPSA) is 29.5 Å². The normalized spacial score (nSPS) is 45.4. The third kappa shape index (κ3) is 1.17. The quantitative estimate of drug-likeness (QED) is 0.737. The Hall–Kier alpha value is -0.0800. The Morgan fingerprint density at radius 3 is 2.64 bits per heavy atom. The molecule has 2 nitrogen and oxygen atoms in total. The number of aliphatic hydroxyl groups is 1. The van der Waals surface area contributed by atoms with Crippen LogP contribution in [0, 0.1) is 16.7 Å². The summed E-state index contributed by atoms with van der Waals surface area (Å²) < 4.78 is 5.47. The van der Waals surface area contributed by atoms with E-state index in [2.05, 4.69) is 13.8 Å². The van der Waals surface area contributed by atoms with E-state index >= 15 is 0 Å². The van der Waals surface area contributed by atoms with E-state index in [1.807, 2.05) is 7.11 Å². The highest BCUT2D eigenvalue weighted by Gasteiger charge is 2.70. The van der Waals surface area contributed by atoms with Gasteiger partial charge >= 0.3 is 0 Å². The summed E-state index contributed by atoms with van der Waals surface area (Å²) in [4.78, 5) is 0. The van der Waals surface area contributed by atoms with Crippen molar-refractivity contribution in [3.05, 3.63) is 0 Å². The summed E-state index contributed by atoms with van der Waals surface area (Å²) in [5, 5.41) is 9.38. The highest BCUT2D eigenvalue weighted by atomic mass is 16.5. The number of hydrogen-bond donors (Lipinski definition) is 1. The molecule has 3 atom stereocenters. The van der Waals surface area contributed by atoms with Crippen LogP contribution in [0.2, 0.25) is 0 Å². The number of hydrogen-bond acceptors (Lipinski definition) is 2. The molecule has 1 spiro atoms. The Labute approximate surface area is 86.6 Å². The average Bonchev–Trinajstić information content (AvgIpc) is 2.61. The van der Waals surface area contributed by atoms with Crippen molar-refractivity contribution < 1.29 is 9.84 Å². The van der Waals surface area contributed by atoms with Crippen LogP contribution in [0.3, 0.4) is 0 Å². The van der Waals surface area contributed by atoms with Gasteiger partial charge < -0.3 is 9.84 Å². The monoisotopic (exact) mass is 198 g/mol. The molecule has 0 heterocycles. The smallest absolute Gasteiger partial charge is 0.0577 e. The summed E-state index contributed by atoms with van der Waals surface area (Å²) in [6.07, 6.45) is 5.33. The molecule has 0 amide bonds. The maximum atomic E-state index is 9.38. The van der Waals surface area contributed by atoms with Gasteiger partial charge in [-0.2, -0.15) is 0 Å². The molecule has 0 saturated heterocycles. The zero-order chi connectivity index (χ0) is 10.4. The highest BCUT2D eigenvalue weighted by molar-refractivity contribution is 5.18. The Bertz CT molecular complexity index is 224. The molecule has 0 radical (unpaired) electrons. The van der Waals surface area contributed by atoms with Crippen molar-refractivity contribution in [1.29, 1.82) is 0 Å². The van der Waals surface area contributed by atoms with Gasteiger partial charge in [-0.1, -0.05) is 20.3 Å². The van der Waals surface area contributed by atoms with Crippen molar-refractivity contribution >= 4 is 0 Å². The molecule has 3 unspecified atom stereocenters. The van der Waals surface area contributed by atoms with Gasteiger partial charge in [0.2, 0.25) is 0 Å². The highest BCUT2D eigenvalue weighted by Crippen LogP contribution is 2.74. The largest absolute Gasteiger partial charge is 0.396 e. The van der Waals surface area contributed by atoms with E-state index < -0.39 is 0 Å². The lowest BCUT2D eigenvalue weighted by Crippen LogP contribution is -2.26. The second-order valence-corrected chi connectivity index (χ2v) is 5.57. The number of rotatable bonds is 2. The molecule has 14 heavy (non-hydrogen) atoms. The molecule has 0 bridgehead atoms. The van der Waals surface area contributed by atoms with Gasteiger partial charge in [-0.05, 0) is 36.0 Å². The molecule has 2 aliphatic carbocycles. The maximum Gasteiger partial charge on any atom is 0.0577 e. The molecule has 2 rings (SSSR count). The van der Waals surface area contributed by atoms with Crippen molar-refractivity contribution in [2.75, 3.05) is 13.7 Å². The zero-order valence-electron chi connectivity index (χ0n) is 9.55. The molecule has 0 aromatic carbocycles. The summed E-state index contributed by atoms with van der Waals surface area (Å²) in [6, 6.07) is 0. The first kappa shape index (κ1) is 10.4. The van der Waals surface area contributed by atoms with Gasteiger partial charge in [-0.3, -0.25) is 0 Å². The van der Waals surface area contributed by atoms with Crippen molar-refractivity contribution in [2.24, 2.45) is 16.7 Å². The SMILES string of the molecule is COC1CCCC2(C1)C(CO)C2(C)C. The second kappa shape index (κ2) is 3.21. The molecule has 82 valence electrons. The summed E-state index contributed by atoms with van der Waals surface area (Å²) in [6.45, 7) is 4.95. The van der Waals surface area contributed by atoms with Gasteiger partial charge in [-0.25, -0.2) is 0 Å². The molecular weight excluding hydrogens is 176 g/mol. The minimum atomic E-state index is 0.332. The standard InChI is InChI=1S/C12H22O2/c1-11(2)10(8-13)12(11)6-4-5-9(7-12)14-3/h9-10,13H,4-8H2,1-3H3. The van der Waals surface area contributed by atoms with Crippen LogP contribution in [0.5, 0.6) is 0 Å². The van der Waals surface area contributed by atoms with E-state index in [0.717, 1.165) is 6.42 Å². The fourth-order valence-electron chi connectivity index (χ4n) is 3.82. The number of ether oxygens (including phenoxy) is 1. The van der Waals surface area contributed by atoms with E-state index in [1.54, 1.807) is 0 Å². The zero-order valence-corrected chi connectivity index (χ0v) is 9.55. The third-order valence-electron chi connectivity index (χ3n) is 4.99. The number of methoxy groups -OCH3 is 1. The van der Waals surface area contributed by atoms with Gasteiger partial charge in [0, 0.05) is 13.7 Å².